The van der Waals surface area contributed by atoms with Gasteiger partial charge in [0.1, 0.15) is 6.04 Å². The number of hydrogen-bond acceptors (Lipinski definition) is 2. The molecule has 0 radical (unpaired) electrons. The number of amides is 2. The third-order valence-corrected chi connectivity index (χ3v) is 6.36. The first-order valence-corrected chi connectivity index (χ1v) is 12.8. The van der Waals surface area contributed by atoms with Crippen molar-refractivity contribution in [1.29, 1.82) is 0 Å². The zero-order valence-corrected chi connectivity index (χ0v) is 21.4. The van der Waals surface area contributed by atoms with Crippen LogP contribution in [0.15, 0.2) is 78.9 Å². The van der Waals surface area contributed by atoms with Crippen molar-refractivity contribution in [2.75, 3.05) is 6.54 Å². The number of nitrogens with zero attached hydrogens (tertiary/aromatic N) is 1. The van der Waals surface area contributed by atoms with Crippen molar-refractivity contribution in [3.05, 3.63) is 106 Å². The van der Waals surface area contributed by atoms with E-state index in [-0.39, 0.29) is 11.8 Å². The van der Waals surface area contributed by atoms with E-state index in [1.807, 2.05) is 61.5 Å². The minimum absolute atomic E-state index is 0.0443. The van der Waals surface area contributed by atoms with Gasteiger partial charge in [-0.2, -0.15) is 0 Å². The predicted octanol–water partition coefficient (Wildman–Crippen LogP) is 6.00. The van der Waals surface area contributed by atoms with Gasteiger partial charge < -0.3 is 10.2 Å². The molecule has 0 aliphatic carbocycles. The van der Waals surface area contributed by atoms with E-state index < -0.39 is 6.04 Å². The molecule has 0 fully saturated rings. The summed E-state index contributed by atoms with van der Waals surface area (Å²) in [4.78, 5) is 28.7. The van der Waals surface area contributed by atoms with E-state index in [4.69, 9.17) is 11.6 Å². The zero-order chi connectivity index (χ0) is 25.0. The Morgan fingerprint density at radius 2 is 1.54 bits per heavy atom. The summed E-state index contributed by atoms with van der Waals surface area (Å²) in [6.07, 6.45) is 3.23. The Morgan fingerprint density at radius 1 is 0.857 bits per heavy atom. The van der Waals surface area contributed by atoms with Gasteiger partial charge in [0.2, 0.25) is 11.8 Å². The Labute approximate surface area is 214 Å². The Hall–Kier alpha value is -3.11. The van der Waals surface area contributed by atoms with Gasteiger partial charge in [-0.3, -0.25) is 9.59 Å². The third kappa shape index (κ3) is 8.25. The van der Waals surface area contributed by atoms with Crippen molar-refractivity contribution in [3.8, 4) is 0 Å². The SMILES string of the molecule is CCCNC(=O)[C@H](Cc1ccccc1)N(Cc1cccc(Cl)c1)C(=O)CCc1ccc(CC)cc1. The molecule has 184 valence electrons. The molecule has 1 atom stereocenters. The Kier molecular flexibility index (Phi) is 10.4. The molecule has 0 aliphatic heterocycles. The van der Waals surface area contributed by atoms with Gasteiger partial charge in [0.05, 0.1) is 0 Å². The van der Waals surface area contributed by atoms with Crippen molar-refractivity contribution < 1.29 is 9.59 Å². The average Bonchev–Trinajstić information content (AvgIpc) is 2.88. The van der Waals surface area contributed by atoms with Crippen LogP contribution in [0.25, 0.3) is 0 Å². The Morgan fingerprint density at radius 3 is 2.20 bits per heavy atom. The van der Waals surface area contributed by atoms with Crippen LogP contribution in [0.4, 0.5) is 0 Å². The van der Waals surface area contributed by atoms with Crippen LogP contribution in [-0.2, 0) is 35.4 Å². The van der Waals surface area contributed by atoms with Crippen molar-refractivity contribution in [2.24, 2.45) is 0 Å². The van der Waals surface area contributed by atoms with Crippen LogP contribution in [0.3, 0.4) is 0 Å². The monoisotopic (exact) mass is 490 g/mol. The molecule has 0 bridgehead atoms. The fourth-order valence-electron chi connectivity index (χ4n) is 4.09. The van der Waals surface area contributed by atoms with Gasteiger partial charge in [-0.05, 0) is 53.6 Å². The van der Waals surface area contributed by atoms with Gasteiger partial charge in [-0.15, -0.1) is 0 Å². The predicted molar refractivity (Wildman–Crippen MR) is 143 cm³/mol. The number of benzene rings is 3. The molecule has 5 heteroatoms. The molecule has 0 heterocycles. The molecule has 0 aromatic heterocycles. The summed E-state index contributed by atoms with van der Waals surface area (Å²) in [5.41, 5.74) is 4.31. The highest BCUT2D eigenvalue weighted by Gasteiger charge is 2.30. The zero-order valence-electron chi connectivity index (χ0n) is 20.7. The molecule has 3 aromatic rings. The van der Waals surface area contributed by atoms with E-state index >= 15 is 0 Å². The topological polar surface area (TPSA) is 49.4 Å². The molecule has 2 amide bonds. The molecule has 3 rings (SSSR count). The van der Waals surface area contributed by atoms with Crippen LogP contribution in [0.1, 0.15) is 48.9 Å². The van der Waals surface area contributed by atoms with Crippen LogP contribution in [0.2, 0.25) is 5.02 Å². The molecule has 1 N–H and O–H groups in total. The summed E-state index contributed by atoms with van der Waals surface area (Å²) < 4.78 is 0. The van der Waals surface area contributed by atoms with Crippen LogP contribution >= 0.6 is 11.6 Å². The van der Waals surface area contributed by atoms with E-state index in [0.717, 1.165) is 29.5 Å². The smallest absolute Gasteiger partial charge is 0.243 e. The Bertz CT molecular complexity index is 1080. The van der Waals surface area contributed by atoms with E-state index in [1.54, 1.807) is 4.90 Å². The van der Waals surface area contributed by atoms with E-state index in [1.165, 1.54) is 5.56 Å². The number of hydrogen-bond donors (Lipinski definition) is 1. The second-order valence-electron chi connectivity index (χ2n) is 8.82. The third-order valence-electron chi connectivity index (χ3n) is 6.12. The minimum atomic E-state index is -0.613. The second-order valence-corrected chi connectivity index (χ2v) is 9.25. The molecular weight excluding hydrogens is 456 g/mol. The maximum atomic E-state index is 13.7. The molecule has 4 nitrogen and oxygen atoms in total. The summed E-state index contributed by atoms with van der Waals surface area (Å²) in [7, 11) is 0. The lowest BCUT2D eigenvalue weighted by atomic mass is 10.0. The number of aryl methyl sites for hydroxylation is 2. The lowest BCUT2D eigenvalue weighted by Crippen LogP contribution is -2.50. The highest BCUT2D eigenvalue weighted by molar-refractivity contribution is 6.30. The van der Waals surface area contributed by atoms with Gasteiger partial charge >= 0.3 is 0 Å². The number of carbonyl (C=O) groups is 2. The highest BCUT2D eigenvalue weighted by Crippen LogP contribution is 2.19. The van der Waals surface area contributed by atoms with Crippen molar-refractivity contribution in [1.82, 2.24) is 10.2 Å². The van der Waals surface area contributed by atoms with E-state index in [0.29, 0.717) is 37.4 Å². The molecule has 0 saturated heterocycles. The van der Waals surface area contributed by atoms with Gasteiger partial charge in [0, 0.05) is 31.0 Å². The first-order valence-electron chi connectivity index (χ1n) is 12.4. The molecule has 0 saturated carbocycles. The maximum Gasteiger partial charge on any atom is 0.243 e. The first kappa shape index (κ1) is 26.5. The van der Waals surface area contributed by atoms with Crippen LogP contribution in [0, 0.1) is 0 Å². The molecule has 0 spiro atoms. The highest BCUT2D eigenvalue weighted by atomic mass is 35.5. The van der Waals surface area contributed by atoms with Crippen molar-refractivity contribution in [3.63, 3.8) is 0 Å². The van der Waals surface area contributed by atoms with Crippen LogP contribution in [-0.4, -0.2) is 29.3 Å². The molecule has 3 aromatic carbocycles. The summed E-state index contributed by atoms with van der Waals surface area (Å²) in [5, 5.41) is 3.62. The quantitative estimate of drug-likeness (QED) is 0.338. The molecule has 0 aliphatic rings. The number of nitrogens with one attached hydrogen (secondary N) is 1. The average molecular weight is 491 g/mol. The minimum Gasteiger partial charge on any atom is -0.354 e. The largest absolute Gasteiger partial charge is 0.354 e. The lowest BCUT2D eigenvalue weighted by Gasteiger charge is -2.31. The summed E-state index contributed by atoms with van der Waals surface area (Å²) in [6, 6.07) is 25.1. The second kappa shape index (κ2) is 13.7. The molecule has 0 unspecified atom stereocenters. The normalized spacial score (nSPS) is 11.6. The number of rotatable bonds is 12. The maximum absolute atomic E-state index is 13.7. The van der Waals surface area contributed by atoms with Crippen molar-refractivity contribution >= 4 is 23.4 Å². The fraction of sp³-hybridized carbons (Fsp3) is 0.333. The summed E-state index contributed by atoms with van der Waals surface area (Å²) >= 11 is 6.23. The summed E-state index contributed by atoms with van der Waals surface area (Å²) in [6.45, 7) is 5.05. The van der Waals surface area contributed by atoms with Gasteiger partial charge in [-0.25, -0.2) is 0 Å². The van der Waals surface area contributed by atoms with Gasteiger partial charge in [-0.1, -0.05) is 92.2 Å². The summed E-state index contributed by atoms with van der Waals surface area (Å²) in [5.74, 6) is -0.171. The van der Waals surface area contributed by atoms with Gasteiger partial charge in [0.15, 0.2) is 0 Å². The first-order chi connectivity index (χ1) is 17.0. The molecular formula is C30H35ClN2O2. The number of carbonyl (C=O) groups excluding carboxylic acids is 2. The molecule has 35 heavy (non-hydrogen) atoms. The fourth-order valence-corrected chi connectivity index (χ4v) is 4.30. The van der Waals surface area contributed by atoms with E-state index in [9.17, 15) is 9.59 Å². The van der Waals surface area contributed by atoms with E-state index in [2.05, 4.69) is 36.5 Å². The lowest BCUT2D eigenvalue weighted by molar-refractivity contribution is -0.141. The van der Waals surface area contributed by atoms with Gasteiger partial charge in [0.25, 0.3) is 0 Å². The van der Waals surface area contributed by atoms with Crippen molar-refractivity contribution in [2.45, 2.75) is 58.5 Å². The standard InChI is InChI=1S/C30H35ClN2O2/c1-3-19-32-30(35)28(21-25-9-6-5-7-10-25)33(22-26-11-8-12-27(31)20-26)29(34)18-17-24-15-13-23(4-2)14-16-24/h5-16,20,28H,3-4,17-19,21-22H2,1-2H3,(H,32,35)/t28-/m0/s1. The van der Waals surface area contributed by atoms with Crippen LogP contribution in [0.5, 0.6) is 0 Å². The van der Waals surface area contributed by atoms with Crippen LogP contribution < -0.4 is 5.32 Å². The number of halogens is 1. The Balaban J connectivity index is 1.87.